The molecule has 112 valence electrons. The Balaban J connectivity index is 1.92. The first-order valence-electron chi connectivity index (χ1n) is 8.11. The maximum absolute atomic E-state index is 3.69. The van der Waals surface area contributed by atoms with Crippen molar-refractivity contribution in [3.8, 4) is 0 Å². The third-order valence-electron chi connectivity index (χ3n) is 5.04. The van der Waals surface area contributed by atoms with Gasteiger partial charge in [0.05, 0.1) is 0 Å². The minimum absolute atomic E-state index is 0.231. The zero-order valence-corrected chi connectivity index (χ0v) is 13.6. The van der Waals surface area contributed by atoms with Crippen molar-refractivity contribution in [3.05, 3.63) is 0 Å². The Morgan fingerprint density at radius 2 is 1.84 bits per heavy atom. The lowest BCUT2D eigenvalue weighted by Gasteiger charge is -2.35. The molecule has 3 nitrogen and oxygen atoms in total. The fourth-order valence-corrected chi connectivity index (χ4v) is 3.62. The van der Waals surface area contributed by atoms with Crippen molar-refractivity contribution >= 4 is 0 Å². The summed E-state index contributed by atoms with van der Waals surface area (Å²) >= 11 is 0. The lowest BCUT2D eigenvalue weighted by Crippen LogP contribution is -2.49. The van der Waals surface area contributed by atoms with E-state index in [0.29, 0.717) is 6.04 Å². The Morgan fingerprint density at radius 1 is 1.16 bits per heavy atom. The number of fused-ring (bicyclic) bond motifs is 2. The van der Waals surface area contributed by atoms with Crippen molar-refractivity contribution in [1.29, 1.82) is 0 Å². The van der Waals surface area contributed by atoms with Gasteiger partial charge in [-0.15, -0.1) is 0 Å². The van der Waals surface area contributed by atoms with Gasteiger partial charge < -0.3 is 5.32 Å². The third-order valence-corrected chi connectivity index (χ3v) is 5.04. The van der Waals surface area contributed by atoms with Crippen molar-refractivity contribution in [2.75, 3.05) is 26.7 Å². The van der Waals surface area contributed by atoms with Gasteiger partial charge in [-0.1, -0.05) is 6.92 Å². The highest BCUT2D eigenvalue weighted by Gasteiger charge is 2.36. The third kappa shape index (κ3) is 3.93. The van der Waals surface area contributed by atoms with Crippen molar-refractivity contribution in [2.24, 2.45) is 0 Å². The molecule has 0 aromatic carbocycles. The van der Waals surface area contributed by atoms with Gasteiger partial charge in [-0.3, -0.25) is 9.80 Å². The molecular formula is C16H33N3. The fourth-order valence-electron chi connectivity index (χ4n) is 3.62. The van der Waals surface area contributed by atoms with Gasteiger partial charge in [0.25, 0.3) is 0 Å². The molecule has 0 saturated carbocycles. The Morgan fingerprint density at radius 3 is 2.47 bits per heavy atom. The quantitative estimate of drug-likeness (QED) is 0.843. The van der Waals surface area contributed by atoms with E-state index in [2.05, 4.69) is 49.9 Å². The first-order chi connectivity index (χ1) is 8.90. The lowest BCUT2D eigenvalue weighted by atomic mass is 10.0. The summed E-state index contributed by atoms with van der Waals surface area (Å²) in [6, 6.07) is 2.35. The highest BCUT2D eigenvalue weighted by atomic mass is 15.3. The van der Waals surface area contributed by atoms with Crippen molar-refractivity contribution in [3.63, 3.8) is 0 Å². The molecule has 0 amide bonds. The van der Waals surface area contributed by atoms with E-state index in [-0.39, 0.29) is 5.54 Å². The van der Waals surface area contributed by atoms with Crippen LogP contribution in [0.4, 0.5) is 0 Å². The van der Waals surface area contributed by atoms with Gasteiger partial charge in [0.2, 0.25) is 0 Å². The summed E-state index contributed by atoms with van der Waals surface area (Å²) < 4.78 is 0. The molecule has 3 atom stereocenters. The Labute approximate surface area is 119 Å². The van der Waals surface area contributed by atoms with E-state index in [0.717, 1.165) is 18.6 Å². The number of hydrogen-bond acceptors (Lipinski definition) is 3. The van der Waals surface area contributed by atoms with Crippen LogP contribution in [0.15, 0.2) is 0 Å². The molecule has 2 fully saturated rings. The molecule has 3 heteroatoms. The SMILES string of the molecule is CCC(CNC(C)(C)C)N1CCC2CCC(C1)N2C. The van der Waals surface area contributed by atoms with E-state index < -0.39 is 0 Å². The van der Waals surface area contributed by atoms with Crippen LogP contribution in [0, 0.1) is 0 Å². The monoisotopic (exact) mass is 267 g/mol. The second-order valence-electron chi connectivity index (χ2n) is 7.53. The number of hydrogen-bond donors (Lipinski definition) is 1. The summed E-state index contributed by atoms with van der Waals surface area (Å²) in [6.45, 7) is 12.8. The average molecular weight is 267 g/mol. The molecule has 2 aliphatic rings. The van der Waals surface area contributed by atoms with Crippen molar-refractivity contribution in [1.82, 2.24) is 15.1 Å². The molecule has 2 rings (SSSR count). The van der Waals surface area contributed by atoms with Crippen LogP contribution in [0.2, 0.25) is 0 Å². The van der Waals surface area contributed by atoms with Crippen LogP contribution >= 0.6 is 0 Å². The number of likely N-dealkylation sites (N-methyl/N-ethyl adjacent to an activating group) is 1. The lowest BCUT2D eigenvalue weighted by molar-refractivity contribution is 0.158. The van der Waals surface area contributed by atoms with Gasteiger partial charge in [0, 0.05) is 43.3 Å². The summed E-state index contributed by atoms with van der Waals surface area (Å²) in [6.07, 6.45) is 5.44. The molecular weight excluding hydrogens is 234 g/mol. The molecule has 0 aromatic rings. The molecule has 2 bridgehead atoms. The summed E-state index contributed by atoms with van der Waals surface area (Å²) in [5.41, 5.74) is 0.231. The van der Waals surface area contributed by atoms with Gasteiger partial charge in [-0.2, -0.15) is 0 Å². The number of nitrogens with one attached hydrogen (secondary N) is 1. The van der Waals surface area contributed by atoms with Crippen LogP contribution < -0.4 is 5.32 Å². The fraction of sp³-hybridized carbons (Fsp3) is 1.00. The smallest absolute Gasteiger partial charge is 0.0223 e. The highest BCUT2D eigenvalue weighted by Crippen LogP contribution is 2.29. The Bertz CT molecular complexity index is 284. The second kappa shape index (κ2) is 6.11. The minimum Gasteiger partial charge on any atom is -0.311 e. The topological polar surface area (TPSA) is 18.5 Å². The van der Waals surface area contributed by atoms with Crippen molar-refractivity contribution in [2.45, 2.75) is 77.0 Å². The molecule has 1 N–H and O–H groups in total. The normalized spacial score (nSPS) is 31.4. The molecule has 0 aromatic heterocycles. The maximum atomic E-state index is 3.69. The van der Waals surface area contributed by atoms with Gasteiger partial charge in [-0.05, 0) is 53.5 Å². The van der Waals surface area contributed by atoms with Crippen LogP contribution in [0.5, 0.6) is 0 Å². The van der Waals surface area contributed by atoms with Gasteiger partial charge >= 0.3 is 0 Å². The van der Waals surface area contributed by atoms with E-state index in [9.17, 15) is 0 Å². The molecule has 0 radical (unpaired) electrons. The highest BCUT2D eigenvalue weighted by molar-refractivity contribution is 4.93. The molecule has 3 unspecified atom stereocenters. The van der Waals surface area contributed by atoms with E-state index in [1.807, 2.05) is 0 Å². The van der Waals surface area contributed by atoms with Gasteiger partial charge in [0.15, 0.2) is 0 Å². The predicted molar refractivity (Wildman–Crippen MR) is 82.6 cm³/mol. The van der Waals surface area contributed by atoms with Crippen LogP contribution in [-0.4, -0.2) is 60.1 Å². The zero-order valence-electron chi connectivity index (χ0n) is 13.6. The number of rotatable bonds is 4. The summed E-state index contributed by atoms with van der Waals surface area (Å²) in [5, 5.41) is 3.69. The van der Waals surface area contributed by atoms with Crippen LogP contribution in [-0.2, 0) is 0 Å². The van der Waals surface area contributed by atoms with Gasteiger partial charge in [-0.25, -0.2) is 0 Å². The average Bonchev–Trinajstić information content (AvgIpc) is 2.55. The molecule has 2 heterocycles. The summed E-state index contributed by atoms with van der Waals surface area (Å²) in [5.74, 6) is 0. The second-order valence-corrected chi connectivity index (χ2v) is 7.53. The maximum Gasteiger partial charge on any atom is 0.0223 e. The largest absolute Gasteiger partial charge is 0.311 e. The molecule has 0 spiro atoms. The van der Waals surface area contributed by atoms with Crippen LogP contribution in [0.25, 0.3) is 0 Å². The Kier molecular flexibility index (Phi) is 4.91. The summed E-state index contributed by atoms with van der Waals surface area (Å²) in [4.78, 5) is 5.39. The van der Waals surface area contributed by atoms with Crippen LogP contribution in [0.3, 0.4) is 0 Å². The first-order valence-corrected chi connectivity index (χ1v) is 8.11. The summed E-state index contributed by atoms with van der Waals surface area (Å²) in [7, 11) is 2.33. The Hall–Kier alpha value is -0.120. The van der Waals surface area contributed by atoms with E-state index in [1.54, 1.807) is 0 Å². The van der Waals surface area contributed by atoms with E-state index >= 15 is 0 Å². The standard InChI is InChI=1S/C16H33N3/c1-6-13(11-17-16(2,3)4)19-10-9-14-7-8-15(12-19)18(14)5/h13-15,17H,6-12H2,1-5H3. The molecule has 2 saturated heterocycles. The van der Waals surface area contributed by atoms with E-state index in [4.69, 9.17) is 0 Å². The van der Waals surface area contributed by atoms with Gasteiger partial charge in [0.1, 0.15) is 0 Å². The predicted octanol–water partition coefficient (Wildman–Crippen LogP) is 2.32. The zero-order chi connectivity index (χ0) is 14.0. The van der Waals surface area contributed by atoms with E-state index in [1.165, 1.54) is 38.8 Å². The van der Waals surface area contributed by atoms with Crippen molar-refractivity contribution < 1.29 is 0 Å². The number of likely N-dealkylation sites (tertiary alicyclic amines) is 1. The van der Waals surface area contributed by atoms with Crippen LogP contribution in [0.1, 0.15) is 53.4 Å². The number of nitrogens with zero attached hydrogens (tertiary/aromatic N) is 2. The molecule has 2 aliphatic heterocycles. The minimum atomic E-state index is 0.231. The molecule has 19 heavy (non-hydrogen) atoms. The first kappa shape index (κ1) is 15.3. The molecule has 0 aliphatic carbocycles.